The fraction of sp³-hybridized carbons (Fsp3) is 0.917. The van der Waals surface area contributed by atoms with Gasteiger partial charge in [0.05, 0.1) is 25.7 Å². The van der Waals surface area contributed by atoms with Crippen LogP contribution in [0.15, 0.2) is 0 Å². The Labute approximate surface area is 95.9 Å². The van der Waals surface area contributed by atoms with Crippen molar-refractivity contribution < 1.29 is 14.3 Å². The zero-order valence-electron chi connectivity index (χ0n) is 9.78. The first-order chi connectivity index (χ1) is 7.75. The maximum atomic E-state index is 11.7. The Bertz CT molecular complexity index is 293. The summed E-state index contributed by atoms with van der Waals surface area (Å²) < 4.78 is 10.3. The van der Waals surface area contributed by atoms with Gasteiger partial charge in [-0.3, -0.25) is 9.69 Å². The molecule has 4 aliphatic rings. The van der Waals surface area contributed by atoms with E-state index >= 15 is 0 Å². The fourth-order valence-electron chi connectivity index (χ4n) is 3.75. The molecule has 4 fully saturated rings. The van der Waals surface area contributed by atoms with Gasteiger partial charge in [0.1, 0.15) is 0 Å². The number of ether oxygens (including phenoxy) is 2. The summed E-state index contributed by atoms with van der Waals surface area (Å²) in [7, 11) is 1.51. The van der Waals surface area contributed by atoms with Crippen LogP contribution in [0.25, 0.3) is 0 Å². The molecule has 1 heterocycles. The maximum absolute atomic E-state index is 11.7. The third kappa shape index (κ3) is 1.39. The number of carbonyl (C=O) groups is 1. The number of fused-ring (bicyclic) bond motifs is 1. The van der Waals surface area contributed by atoms with Crippen molar-refractivity contribution in [2.45, 2.75) is 25.3 Å². The molecule has 2 bridgehead atoms. The number of rotatable bonds is 2. The average Bonchev–Trinajstić information content (AvgIpc) is 2.84. The lowest BCUT2D eigenvalue weighted by Gasteiger charge is -2.37. The first kappa shape index (κ1) is 10.5. The van der Waals surface area contributed by atoms with Crippen LogP contribution in [0.2, 0.25) is 0 Å². The molecule has 3 aliphatic carbocycles. The summed E-state index contributed by atoms with van der Waals surface area (Å²) in [6.07, 6.45) is 3.09. The smallest absolute Gasteiger partial charge is 0.311 e. The van der Waals surface area contributed by atoms with Gasteiger partial charge in [0, 0.05) is 19.1 Å². The molecule has 0 aromatic rings. The van der Waals surface area contributed by atoms with Crippen LogP contribution in [0.4, 0.5) is 0 Å². The molecule has 0 N–H and O–H groups in total. The van der Waals surface area contributed by atoms with E-state index in [1.54, 1.807) is 0 Å². The quantitative estimate of drug-likeness (QED) is 0.647. The molecule has 4 rings (SSSR count). The Morgan fingerprint density at radius 2 is 2.00 bits per heavy atom. The van der Waals surface area contributed by atoms with E-state index in [0.717, 1.165) is 51.5 Å². The summed E-state index contributed by atoms with van der Waals surface area (Å²) in [6.45, 7) is 3.74. The van der Waals surface area contributed by atoms with Crippen molar-refractivity contribution in [3.63, 3.8) is 0 Å². The van der Waals surface area contributed by atoms with Gasteiger partial charge in [-0.2, -0.15) is 0 Å². The number of hydrogen-bond acceptors (Lipinski definition) is 4. The summed E-state index contributed by atoms with van der Waals surface area (Å²) in [6, 6.07) is 0.600. The molecular formula is C12H19NO3. The van der Waals surface area contributed by atoms with E-state index in [1.807, 2.05) is 0 Å². The molecule has 1 aliphatic heterocycles. The summed E-state index contributed by atoms with van der Waals surface area (Å²) >= 11 is 0. The first-order valence-corrected chi connectivity index (χ1v) is 6.15. The molecule has 1 saturated heterocycles. The summed E-state index contributed by atoms with van der Waals surface area (Å²) in [5.74, 6) is 0.733. The Balaban J connectivity index is 1.66. The van der Waals surface area contributed by atoms with E-state index in [1.165, 1.54) is 7.11 Å². The van der Waals surface area contributed by atoms with Crippen LogP contribution in [0.1, 0.15) is 19.3 Å². The zero-order chi connectivity index (χ0) is 11.2. The largest absolute Gasteiger partial charge is 0.469 e. The topological polar surface area (TPSA) is 38.8 Å². The van der Waals surface area contributed by atoms with Crippen LogP contribution in [0, 0.1) is 11.3 Å². The minimum absolute atomic E-state index is 0.0134. The Morgan fingerprint density at radius 3 is 2.62 bits per heavy atom. The van der Waals surface area contributed by atoms with Crippen LogP contribution < -0.4 is 0 Å². The molecule has 3 saturated carbocycles. The van der Waals surface area contributed by atoms with Crippen LogP contribution in [0.5, 0.6) is 0 Å². The number of esters is 1. The first-order valence-electron chi connectivity index (χ1n) is 6.15. The van der Waals surface area contributed by atoms with E-state index in [2.05, 4.69) is 4.90 Å². The highest BCUT2D eigenvalue weighted by atomic mass is 16.5. The van der Waals surface area contributed by atoms with E-state index in [4.69, 9.17) is 9.47 Å². The molecule has 0 radical (unpaired) electrons. The predicted octanol–water partition coefficient (Wildman–Crippen LogP) is 0.660. The number of nitrogens with zero attached hydrogens (tertiary/aromatic N) is 1. The molecule has 1 atom stereocenters. The Hall–Kier alpha value is -0.610. The van der Waals surface area contributed by atoms with E-state index in [9.17, 15) is 4.79 Å². The summed E-state index contributed by atoms with van der Waals surface area (Å²) in [5, 5.41) is 0. The van der Waals surface area contributed by atoms with E-state index in [-0.39, 0.29) is 11.4 Å². The van der Waals surface area contributed by atoms with Gasteiger partial charge >= 0.3 is 5.97 Å². The normalized spacial score (nSPS) is 42.8. The van der Waals surface area contributed by atoms with Crippen LogP contribution in [-0.4, -0.2) is 50.3 Å². The summed E-state index contributed by atoms with van der Waals surface area (Å²) in [5.41, 5.74) is -0.123. The molecule has 16 heavy (non-hydrogen) atoms. The van der Waals surface area contributed by atoms with Crippen molar-refractivity contribution in [1.29, 1.82) is 0 Å². The molecule has 0 aromatic carbocycles. The average molecular weight is 225 g/mol. The highest BCUT2D eigenvalue weighted by molar-refractivity contribution is 5.79. The predicted molar refractivity (Wildman–Crippen MR) is 58.0 cm³/mol. The van der Waals surface area contributed by atoms with Crippen LogP contribution in [0.3, 0.4) is 0 Å². The van der Waals surface area contributed by atoms with Crippen molar-refractivity contribution in [1.82, 2.24) is 4.90 Å². The van der Waals surface area contributed by atoms with Gasteiger partial charge in [0.25, 0.3) is 0 Å². The second-order valence-electron chi connectivity index (χ2n) is 5.36. The second-order valence-corrected chi connectivity index (χ2v) is 5.36. The van der Waals surface area contributed by atoms with Gasteiger partial charge in [-0.1, -0.05) is 0 Å². The molecule has 1 unspecified atom stereocenters. The highest BCUT2D eigenvalue weighted by Crippen LogP contribution is 2.60. The Kier molecular flexibility index (Phi) is 2.44. The number of methoxy groups -OCH3 is 1. The minimum Gasteiger partial charge on any atom is -0.469 e. The standard InChI is InChI=1S/C12H19NO3/c1-15-11(14)12-6-9(7-12)10(8-12)13-2-4-16-5-3-13/h9-10H,2-8H2,1H3. The third-order valence-electron chi connectivity index (χ3n) is 4.58. The molecule has 0 amide bonds. The minimum atomic E-state index is -0.123. The lowest BCUT2D eigenvalue weighted by molar-refractivity contribution is -0.157. The molecule has 4 nitrogen and oxygen atoms in total. The van der Waals surface area contributed by atoms with Gasteiger partial charge in [-0.25, -0.2) is 0 Å². The van der Waals surface area contributed by atoms with Gasteiger partial charge in [0.2, 0.25) is 0 Å². The zero-order valence-corrected chi connectivity index (χ0v) is 9.78. The van der Waals surface area contributed by atoms with E-state index in [0.29, 0.717) is 6.04 Å². The molecule has 0 spiro atoms. The van der Waals surface area contributed by atoms with Gasteiger partial charge in [-0.15, -0.1) is 0 Å². The molecule has 4 heteroatoms. The lowest BCUT2D eigenvalue weighted by atomic mass is 9.69. The van der Waals surface area contributed by atoms with Crippen molar-refractivity contribution in [3.05, 3.63) is 0 Å². The monoisotopic (exact) mass is 225 g/mol. The third-order valence-corrected chi connectivity index (χ3v) is 4.58. The SMILES string of the molecule is COC(=O)C12CC(C1)C(N1CCOCC1)C2. The molecular weight excluding hydrogens is 206 g/mol. The highest BCUT2D eigenvalue weighted by Gasteiger charge is 2.62. The molecule has 0 aromatic heterocycles. The van der Waals surface area contributed by atoms with Gasteiger partial charge in [-0.05, 0) is 25.2 Å². The number of carbonyl (C=O) groups excluding carboxylic acids is 1. The van der Waals surface area contributed by atoms with Crippen LogP contribution in [-0.2, 0) is 14.3 Å². The number of hydrogen-bond donors (Lipinski definition) is 0. The van der Waals surface area contributed by atoms with Crippen molar-refractivity contribution in [3.8, 4) is 0 Å². The second kappa shape index (κ2) is 3.70. The Morgan fingerprint density at radius 1 is 1.31 bits per heavy atom. The van der Waals surface area contributed by atoms with E-state index < -0.39 is 0 Å². The van der Waals surface area contributed by atoms with Crippen molar-refractivity contribution in [2.24, 2.45) is 11.3 Å². The van der Waals surface area contributed by atoms with Crippen LogP contribution >= 0.6 is 0 Å². The maximum Gasteiger partial charge on any atom is 0.311 e. The lowest BCUT2D eigenvalue weighted by Crippen LogP contribution is -2.44. The van der Waals surface area contributed by atoms with Crippen molar-refractivity contribution >= 4 is 5.97 Å². The van der Waals surface area contributed by atoms with Gasteiger partial charge < -0.3 is 9.47 Å². The van der Waals surface area contributed by atoms with Crippen molar-refractivity contribution in [2.75, 3.05) is 33.4 Å². The van der Waals surface area contributed by atoms with Gasteiger partial charge in [0.15, 0.2) is 0 Å². The summed E-state index contributed by atoms with van der Waals surface area (Å²) in [4.78, 5) is 14.2. The fourth-order valence-corrected chi connectivity index (χ4v) is 3.75. The molecule has 90 valence electrons. The number of morpholine rings is 1.